The number of nitrogens with one attached hydrogen (secondary N) is 1. The Labute approximate surface area is 156 Å². The van der Waals surface area contributed by atoms with Gasteiger partial charge in [-0.2, -0.15) is 0 Å². The number of rotatable bonds is 8. The van der Waals surface area contributed by atoms with E-state index in [9.17, 15) is 9.59 Å². The lowest BCUT2D eigenvalue weighted by molar-refractivity contribution is -0.121. The number of hydrogen-bond acceptors (Lipinski definition) is 5. The van der Waals surface area contributed by atoms with Crippen LogP contribution in [0.15, 0.2) is 34.5 Å². The topological polar surface area (TPSA) is 62.3 Å². The van der Waals surface area contributed by atoms with Gasteiger partial charge in [-0.3, -0.25) is 9.59 Å². The van der Waals surface area contributed by atoms with Crippen LogP contribution in [0.5, 0.6) is 0 Å². The van der Waals surface area contributed by atoms with E-state index < -0.39 is 0 Å². The molecule has 0 spiro atoms. The van der Waals surface area contributed by atoms with Gasteiger partial charge in [-0.05, 0) is 32.9 Å². The highest BCUT2D eigenvalue weighted by Crippen LogP contribution is 2.27. The first-order valence-corrected chi connectivity index (χ1v) is 10.1. The van der Waals surface area contributed by atoms with Crippen LogP contribution in [-0.2, 0) is 10.5 Å². The van der Waals surface area contributed by atoms with E-state index >= 15 is 0 Å². The lowest BCUT2D eigenvalue weighted by atomic mass is 10.2. The molecule has 0 saturated heterocycles. The zero-order chi connectivity index (χ0) is 18.2. The first kappa shape index (κ1) is 19.5. The third-order valence-corrected chi connectivity index (χ3v) is 5.47. The Balaban J connectivity index is 2.11. The summed E-state index contributed by atoms with van der Waals surface area (Å²) in [6, 6.07) is 7.53. The molecule has 2 amide bonds. The van der Waals surface area contributed by atoms with Gasteiger partial charge in [-0.15, -0.1) is 23.1 Å². The van der Waals surface area contributed by atoms with Crippen LogP contribution in [-0.4, -0.2) is 41.3 Å². The summed E-state index contributed by atoms with van der Waals surface area (Å²) >= 11 is 3.22. The second kappa shape index (κ2) is 9.58. The molecule has 0 atom stereocenters. The number of carbonyl (C=O) groups excluding carboxylic acids is 2. The molecule has 1 aromatic heterocycles. The smallest absolute Gasteiger partial charge is 0.255 e. The minimum Gasteiger partial charge on any atom is -0.355 e. The SMILES string of the molecule is CCNC(=O)CN(CC)C(=O)c1ccccc1SCc1csc(C)n1. The van der Waals surface area contributed by atoms with Crippen LogP contribution >= 0.6 is 23.1 Å². The Bertz CT molecular complexity index is 731. The largest absolute Gasteiger partial charge is 0.355 e. The predicted molar refractivity (Wildman–Crippen MR) is 103 cm³/mol. The second-order valence-corrected chi connectivity index (χ2v) is 7.49. The molecule has 2 aromatic rings. The lowest BCUT2D eigenvalue weighted by Gasteiger charge is -2.21. The van der Waals surface area contributed by atoms with Crippen molar-refractivity contribution in [2.24, 2.45) is 0 Å². The number of thioether (sulfide) groups is 1. The zero-order valence-corrected chi connectivity index (χ0v) is 16.4. The Morgan fingerprint density at radius 3 is 2.68 bits per heavy atom. The quantitative estimate of drug-likeness (QED) is 0.717. The van der Waals surface area contributed by atoms with Gasteiger partial charge in [0.1, 0.15) is 0 Å². The summed E-state index contributed by atoms with van der Waals surface area (Å²) in [4.78, 5) is 31.6. The highest BCUT2D eigenvalue weighted by atomic mass is 32.2. The number of carbonyl (C=O) groups is 2. The monoisotopic (exact) mass is 377 g/mol. The van der Waals surface area contributed by atoms with Crippen molar-refractivity contribution in [3.8, 4) is 0 Å². The molecule has 0 bridgehead atoms. The van der Waals surface area contributed by atoms with Crippen LogP contribution in [0.2, 0.25) is 0 Å². The van der Waals surface area contributed by atoms with Crippen LogP contribution < -0.4 is 5.32 Å². The normalized spacial score (nSPS) is 10.5. The molecule has 5 nitrogen and oxygen atoms in total. The van der Waals surface area contributed by atoms with Crippen molar-refractivity contribution in [3.63, 3.8) is 0 Å². The van der Waals surface area contributed by atoms with E-state index in [1.54, 1.807) is 28.0 Å². The standard InChI is InChI=1S/C18H23N3O2S2/c1-4-19-17(22)10-21(5-2)18(23)15-8-6-7-9-16(15)25-12-14-11-24-13(3)20-14/h6-9,11H,4-5,10,12H2,1-3H3,(H,19,22). The van der Waals surface area contributed by atoms with E-state index in [-0.39, 0.29) is 18.4 Å². The maximum absolute atomic E-state index is 12.9. The summed E-state index contributed by atoms with van der Waals surface area (Å²) in [5, 5.41) is 5.82. The van der Waals surface area contributed by atoms with Gasteiger partial charge in [0.2, 0.25) is 5.91 Å². The van der Waals surface area contributed by atoms with Gasteiger partial charge in [-0.25, -0.2) is 4.98 Å². The van der Waals surface area contributed by atoms with Gasteiger partial charge < -0.3 is 10.2 Å². The molecule has 0 aliphatic carbocycles. The third-order valence-electron chi connectivity index (χ3n) is 3.54. The van der Waals surface area contributed by atoms with Gasteiger partial charge in [0.05, 0.1) is 22.8 Å². The summed E-state index contributed by atoms with van der Waals surface area (Å²) in [7, 11) is 0. The fourth-order valence-corrected chi connectivity index (χ4v) is 3.97. The van der Waals surface area contributed by atoms with Crippen LogP contribution in [0.4, 0.5) is 0 Å². The third kappa shape index (κ3) is 5.57. The molecule has 7 heteroatoms. The van der Waals surface area contributed by atoms with Crippen molar-refractivity contribution in [2.75, 3.05) is 19.6 Å². The molecule has 1 heterocycles. The Hall–Kier alpha value is -1.86. The van der Waals surface area contributed by atoms with Crippen LogP contribution in [0.3, 0.4) is 0 Å². The fourth-order valence-electron chi connectivity index (χ4n) is 2.32. The molecule has 134 valence electrons. The summed E-state index contributed by atoms with van der Waals surface area (Å²) in [5.74, 6) is 0.462. The predicted octanol–water partition coefficient (Wildman–Crippen LogP) is 3.34. The first-order chi connectivity index (χ1) is 12.0. The van der Waals surface area contributed by atoms with Gasteiger partial charge in [0.25, 0.3) is 5.91 Å². The minimum atomic E-state index is -0.138. The van der Waals surface area contributed by atoms with Crippen molar-refractivity contribution in [1.29, 1.82) is 0 Å². The van der Waals surface area contributed by atoms with Crippen molar-refractivity contribution in [1.82, 2.24) is 15.2 Å². The summed E-state index contributed by atoms with van der Waals surface area (Å²) in [6.07, 6.45) is 0. The lowest BCUT2D eigenvalue weighted by Crippen LogP contribution is -2.40. The Morgan fingerprint density at radius 2 is 2.04 bits per heavy atom. The molecule has 1 N–H and O–H groups in total. The molecule has 0 unspecified atom stereocenters. The number of hydrogen-bond donors (Lipinski definition) is 1. The summed E-state index contributed by atoms with van der Waals surface area (Å²) in [5.41, 5.74) is 1.65. The maximum atomic E-state index is 12.9. The maximum Gasteiger partial charge on any atom is 0.255 e. The number of aryl methyl sites for hydroxylation is 1. The number of thiazole rings is 1. The van der Waals surface area contributed by atoms with Crippen molar-refractivity contribution in [2.45, 2.75) is 31.4 Å². The number of amides is 2. The molecular weight excluding hydrogens is 354 g/mol. The summed E-state index contributed by atoms with van der Waals surface area (Å²) < 4.78 is 0. The molecule has 0 radical (unpaired) electrons. The highest BCUT2D eigenvalue weighted by Gasteiger charge is 2.20. The Kier molecular flexibility index (Phi) is 7.46. The van der Waals surface area contributed by atoms with Crippen LogP contribution in [0.1, 0.15) is 34.9 Å². The van der Waals surface area contributed by atoms with Crippen molar-refractivity contribution >= 4 is 34.9 Å². The van der Waals surface area contributed by atoms with Crippen LogP contribution in [0, 0.1) is 6.92 Å². The van der Waals surface area contributed by atoms with Gasteiger partial charge in [0.15, 0.2) is 0 Å². The van der Waals surface area contributed by atoms with Gasteiger partial charge in [0, 0.05) is 29.1 Å². The van der Waals surface area contributed by atoms with E-state index in [4.69, 9.17) is 0 Å². The molecule has 0 aliphatic heterocycles. The fraction of sp³-hybridized carbons (Fsp3) is 0.389. The van der Waals surface area contributed by atoms with E-state index in [1.807, 2.05) is 50.4 Å². The van der Waals surface area contributed by atoms with E-state index in [1.165, 1.54) is 0 Å². The minimum absolute atomic E-state index is 0.0768. The number of nitrogens with zero attached hydrogens (tertiary/aromatic N) is 2. The first-order valence-electron chi connectivity index (χ1n) is 8.24. The average molecular weight is 378 g/mol. The number of aromatic nitrogens is 1. The number of benzene rings is 1. The van der Waals surface area contributed by atoms with Crippen molar-refractivity contribution < 1.29 is 9.59 Å². The molecule has 0 fully saturated rings. The summed E-state index contributed by atoms with van der Waals surface area (Å²) in [6.45, 7) is 6.85. The van der Waals surface area contributed by atoms with E-state index in [0.29, 0.717) is 18.7 Å². The number of likely N-dealkylation sites (N-methyl/N-ethyl adjacent to an activating group) is 2. The van der Waals surface area contributed by atoms with Gasteiger partial charge >= 0.3 is 0 Å². The molecule has 25 heavy (non-hydrogen) atoms. The van der Waals surface area contributed by atoms with Crippen LogP contribution in [0.25, 0.3) is 0 Å². The zero-order valence-electron chi connectivity index (χ0n) is 14.7. The molecule has 1 aromatic carbocycles. The molecule has 0 aliphatic rings. The Morgan fingerprint density at radius 1 is 1.28 bits per heavy atom. The van der Waals surface area contributed by atoms with E-state index in [2.05, 4.69) is 10.3 Å². The van der Waals surface area contributed by atoms with Crippen molar-refractivity contribution in [3.05, 3.63) is 45.9 Å². The van der Waals surface area contributed by atoms with Gasteiger partial charge in [-0.1, -0.05) is 12.1 Å². The average Bonchev–Trinajstić information content (AvgIpc) is 3.03. The molecule has 2 rings (SSSR count). The second-order valence-electron chi connectivity index (χ2n) is 5.42. The molecule has 0 saturated carbocycles. The molecular formula is C18H23N3O2S2. The highest BCUT2D eigenvalue weighted by molar-refractivity contribution is 7.98. The van der Waals surface area contributed by atoms with E-state index in [0.717, 1.165) is 21.3 Å².